The molecule has 0 saturated carbocycles. The molecule has 3 aromatic rings. The molecule has 6 heteroatoms. The molecule has 5 nitrogen and oxygen atoms in total. The zero-order chi connectivity index (χ0) is 16.2. The van der Waals surface area contributed by atoms with Crippen molar-refractivity contribution >= 4 is 23.0 Å². The molecule has 0 saturated heterocycles. The van der Waals surface area contributed by atoms with E-state index >= 15 is 0 Å². The summed E-state index contributed by atoms with van der Waals surface area (Å²) >= 11 is 5.94. The smallest absolute Gasteiger partial charge is 0.287 e. The van der Waals surface area contributed by atoms with E-state index in [0.717, 1.165) is 16.8 Å². The number of halogens is 1. The molecule has 118 valence electrons. The van der Waals surface area contributed by atoms with Crippen LogP contribution in [-0.4, -0.2) is 35.6 Å². The van der Waals surface area contributed by atoms with Crippen LogP contribution in [0.1, 0.15) is 10.6 Å². The summed E-state index contributed by atoms with van der Waals surface area (Å²) in [5, 5.41) is 3.46. The summed E-state index contributed by atoms with van der Waals surface area (Å²) < 4.78 is 6.73. The van der Waals surface area contributed by atoms with Crippen LogP contribution in [0.2, 0.25) is 5.02 Å². The molecule has 23 heavy (non-hydrogen) atoms. The van der Waals surface area contributed by atoms with Gasteiger partial charge < -0.3 is 10.1 Å². The molecule has 0 spiro atoms. The van der Waals surface area contributed by atoms with Gasteiger partial charge in [-0.15, -0.1) is 0 Å². The fourth-order valence-electron chi connectivity index (χ4n) is 2.36. The summed E-state index contributed by atoms with van der Waals surface area (Å²) in [7, 11) is 1.59. The Bertz CT molecular complexity index is 827. The molecule has 0 aliphatic heterocycles. The number of imidazole rings is 1. The highest BCUT2D eigenvalue weighted by Gasteiger charge is 2.17. The molecule has 1 N–H and O–H groups in total. The molecular formula is C17H16ClN3O2. The number of benzene rings is 1. The normalized spacial score (nSPS) is 10.9. The van der Waals surface area contributed by atoms with Crippen molar-refractivity contribution < 1.29 is 9.53 Å². The van der Waals surface area contributed by atoms with Crippen molar-refractivity contribution in [3.8, 4) is 11.3 Å². The zero-order valence-electron chi connectivity index (χ0n) is 12.6. The van der Waals surface area contributed by atoms with Gasteiger partial charge in [-0.05, 0) is 24.3 Å². The Morgan fingerprint density at radius 2 is 2.04 bits per heavy atom. The number of pyridine rings is 1. The van der Waals surface area contributed by atoms with E-state index in [0.29, 0.717) is 24.0 Å². The molecule has 3 rings (SSSR count). The van der Waals surface area contributed by atoms with Gasteiger partial charge in [0.2, 0.25) is 5.82 Å². The van der Waals surface area contributed by atoms with Crippen molar-refractivity contribution in [3.63, 3.8) is 0 Å². The van der Waals surface area contributed by atoms with Crippen molar-refractivity contribution in [2.45, 2.75) is 0 Å². The molecule has 0 bridgehead atoms. The minimum atomic E-state index is -0.233. The summed E-state index contributed by atoms with van der Waals surface area (Å²) in [5.41, 5.74) is 2.53. The van der Waals surface area contributed by atoms with E-state index in [9.17, 15) is 4.79 Å². The van der Waals surface area contributed by atoms with Crippen LogP contribution in [0.5, 0.6) is 0 Å². The summed E-state index contributed by atoms with van der Waals surface area (Å²) in [4.78, 5) is 16.9. The number of ether oxygens (including phenoxy) is 1. The first-order chi connectivity index (χ1) is 11.2. The lowest BCUT2D eigenvalue weighted by molar-refractivity contribution is 0.0926. The number of methoxy groups -OCH3 is 1. The van der Waals surface area contributed by atoms with Crippen molar-refractivity contribution in [2.75, 3.05) is 20.3 Å². The highest BCUT2D eigenvalue weighted by Crippen LogP contribution is 2.26. The maximum atomic E-state index is 12.4. The van der Waals surface area contributed by atoms with Crippen LogP contribution in [0, 0.1) is 0 Å². The summed E-state index contributed by atoms with van der Waals surface area (Å²) in [6.45, 7) is 0.895. The van der Waals surface area contributed by atoms with Crippen molar-refractivity contribution in [1.82, 2.24) is 14.7 Å². The number of nitrogens with zero attached hydrogens (tertiary/aromatic N) is 2. The van der Waals surface area contributed by atoms with E-state index in [1.165, 1.54) is 0 Å². The number of carbonyl (C=O) groups excluding carboxylic acids is 1. The van der Waals surface area contributed by atoms with Gasteiger partial charge in [-0.1, -0.05) is 29.8 Å². The van der Waals surface area contributed by atoms with Gasteiger partial charge >= 0.3 is 0 Å². The number of carbonyl (C=O) groups is 1. The van der Waals surface area contributed by atoms with Crippen LogP contribution in [0.3, 0.4) is 0 Å². The molecule has 1 aromatic carbocycles. The molecule has 0 atom stereocenters. The average molecular weight is 330 g/mol. The lowest BCUT2D eigenvalue weighted by atomic mass is 10.1. The molecular weight excluding hydrogens is 314 g/mol. The summed E-state index contributed by atoms with van der Waals surface area (Å²) in [6.07, 6.45) is 1.83. The van der Waals surface area contributed by atoms with Crippen LogP contribution in [-0.2, 0) is 4.74 Å². The molecule has 2 heterocycles. The molecule has 0 radical (unpaired) electrons. The van der Waals surface area contributed by atoms with Gasteiger partial charge in [0.05, 0.1) is 17.8 Å². The van der Waals surface area contributed by atoms with E-state index < -0.39 is 0 Å². The SMILES string of the molecule is COCCNC(=O)c1nc(-c2ccc(Cl)cc2)c2ccccn12. The molecule has 1 amide bonds. The van der Waals surface area contributed by atoms with Gasteiger partial charge in [-0.3, -0.25) is 9.20 Å². The second-order valence-corrected chi connectivity index (χ2v) is 5.43. The van der Waals surface area contributed by atoms with Crippen molar-refractivity contribution in [1.29, 1.82) is 0 Å². The van der Waals surface area contributed by atoms with E-state index in [1.807, 2.05) is 48.7 Å². The first-order valence-corrected chi connectivity index (χ1v) is 7.58. The van der Waals surface area contributed by atoms with E-state index in [1.54, 1.807) is 11.5 Å². The molecule has 0 aliphatic carbocycles. The second-order valence-electron chi connectivity index (χ2n) is 5.00. The van der Waals surface area contributed by atoms with Gasteiger partial charge in [0.1, 0.15) is 0 Å². The first-order valence-electron chi connectivity index (χ1n) is 7.21. The third-order valence-electron chi connectivity index (χ3n) is 3.46. The van der Waals surface area contributed by atoms with E-state index in [2.05, 4.69) is 10.3 Å². The lowest BCUT2D eigenvalue weighted by Gasteiger charge is -2.03. The van der Waals surface area contributed by atoms with Gasteiger partial charge in [0.25, 0.3) is 5.91 Å². The molecule has 0 unspecified atom stereocenters. The largest absolute Gasteiger partial charge is 0.383 e. The Kier molecular flexibility index (Phi) is 4.60. The average Bonchev–Trinajstić information content (AvgIpc) is 2.95. The maximum absolute atomic E-state index is 12.4. The van der Waals surface area contributed by atoms with Gasteiger partial charge in [-0.2, -0.15) is 0 Å². The van der Waals surface area contributed by atoms with E-state index in [-0.39, 0.29) is 5.91 Å². The number of hydrogen-bond acceptors (Lipinski definition) is 3. The number of hydrogen-bond donors (Lipinski definition) is 1. The fraction of sp³-hybridized carbons (Fsp3) is 0.176. The Hall–Kier alpha value is -2.37. The van der Waals surface area contributed by atoms with Crippen LogP contribution >= 0.6 is 11.6 Å². The van der Waals surface area contributed by atoms with Gasteiger partial charge in [-0.25, -0.2) is 4.98 Å². The molecule has 2 aromatic heterocycles. The summed E-state index contributed by atoms with van der Waals surface area (Å²) in [6, 6.07) is 13.1. The van der Waals surface area contributed by atoms with Crippen LogP contribution < -0.4 is 5.32 Å². The van der Waals surface area contributed by atoms with Crippen molar-refractivity contribution in [2.24, 2.45) is 0 Å². The molecule has 0 aliphatic rings. The van der Waals surface area contributed by atoms with Crippen LogP contribution in [0.4, 0.5) is 0 Å². The summed E-state index contributed by atoms with van der Waals surface area (Å²) in [5.74, 6) is 0.116. The lowest BCUT2D eigenvalue weighted by Crippen LogP contribution is -2.28. The monoisotopic (exact) mass is 329 g/mol. The quantitative estimate of drug-likeness (QED) is 0.732. The Morgan fingerprint density at radius 1 is 1.26 bits per heavy atom. The van der Waals surface area contributed by atoms with Crippen molar-refractivity contribution in [3.05, 3.63) is 59.5 Å². The maximum Gasteiger partial charge on any atom is 0.287 e. The fourth-order valence-corrected chi connectivity index (χ4v) is 2.49. The third kappa shape index (κ3) is 3.21. The minimum Gasteiger partial charge on any atom is -0.383 e. The predicted octanol–water partition coefficient (Wildman–Crippen LogP) is 3.03. The highest BCUT2D eigenvalue weighted by atomic mass is 35.5. The first kappa shape index (κ1) is 15.5. The zero-order valence-corrected chi connectivity index (χ0v) is 13.4. The third-order valence-corrected chi connectivity index (χ3v) is 3.71. The standard InChI is InChI=1S/C17H16ClN3O2/c1-23-11-9-19-17(22)16-20-15(12-5-7-13(18)8-6-12)14-4-2-3-10-21(14)16/h2-8,10H,9,11H2,1H3,(H,19,22). The predicted molar refractivity (Wildman–Crippen MR) is 89.8 cm³/mol. The Morgan fingerprint density at radius 3 is 2.78 bits per heavy atom. The Labute approximate surface area is 138 Å². The topological polar surface area (TPSA) is 55.6 Å². The number of nitrogens with one attached hydrogen (secondary N) is 1. The second kappa shape index (κ2) is 6.81. The Balaban J connectivity index is 2.03. The number of amides is 1. The number of fused-ring (bicyclic) bond motifs is 1. The highest BCUT2D eigenvalue weighted by molar-refractivity contribution is 6.30. The number of aromatic nitrogens is 2. The van der Waals surface area contributed by atoms with Gasteiger partial charge in [0, 0.05) is 30.4 Å². The molecule has 0 fully saturated rings. The van der Waals surface area contributed by atoms with Crippen LogP contribution in [0.25, 0.3) is 16.8 Å². The van der Waals surface area contributed by atoms with E-state index in [4.69, 9.17) is 16.3 Å². The number of rotatable bonds is 5. The van der Waals surface area contributed by atoms with Gasteiger partial charge in [0.15, 0.2) is 0 Å². The minimum absolute atomic E-state index is 0.233. The van der Waals surface area contributed by atoms with Crippen LogP contribution in [0.15, 0.2) is 48.7 Å².